The van der Waals surface area contributed by atoms with E-state index in [1.54, 1.807) is 6.07 Å². The van der Waals surface area contributed by atoms with Crippen LogP contribution < -0.4 is 0 Å². The molecule has 0 radical (unpaired) electrons. The van der Waals surface area contributed by atoms with Crippen molar-refractivity contribution in [3.05, 3.63) is 77.4 Å². The van der Waals surface area contributed by atoms with Crippen molar-refractivity contribution in [1.82, 2.24) is 0 Å². The van der Waals surface area contributed by atoms with E-state index in [9.17, 15) is 18.6 Å². The second-order valence-electron chi connectivity index (χ2n) is 9.82. The number of unbranched alkanes of at least 4 members (excludes halogenated alkanes) is 3. The second kappa shape index (κ2) is 13.9. The molecule has 1 aliphatic carbocycles. The average Bonchev–Trinajstić information content (AvgIpc) is 2.87. The molecule has 0 aliphatic heterocycles. The van der Waals surface area contributed by atoms with Crippen molar-refractivity contribution in [2.45, 2.75) is 77.2 Å². The minimum absolute atomic E-state index is 0.0162. The summed E-state index contributed by atoms with van der Waals surface area (Å²) in [6, 6.07) is 17.0. The normalized spacial score (nSPS) is 17.5. The van der Waals surface area contributed by atoms with E-state index < -0.39 is 15.1 Å². The lowest BCUT2D eigenvalue weighted by Gasteiger charge is -2.39. The third-order valence-corrected chi connectivity index (χ3v) is 8.18. The highest BCUT2D eigenvalue weighted by Crippen LogP contribution is 2.39. The Kier molecular flexibility index (Phi) is 11.6. The number of hydrogen-bond acceptors (Lipinski definition) is 4. The number of aliphatic hydroxyl groups is 2. The standard InChI is InChI=1S/C19H34N.C10H10O5S/c1-4-7-15-20(16-8-5-2,17-9-6-3)18-19-13-11-10-12-14-19;11-9-5-6-10(12,16(13,14)15)8-4-2-1-3-7(8)9/h10-14H,4-9,15-18H2,1-3H3;1-5,11-12H,6H2,(H,13,14,15)/q+1;. The van der Waals surface area contributed by atoms with Gasteiger partial charge in [-0.2, -0.15) is 8.42 Å². The van der Waals surface area contributed by atoms with Crippen LogP contribution in [0, 0.1) is 0 Å². The van der Waals surface area contributed by atoms with Crippen LogP contribution in [-0.4, -0.2) is 47.3 Å². The molecule has 0 spiro atoms. The molecule has 7 heteroatoms. The first-order valence-corrected chi connectivity index (χ1v) is 14.6. The van der Waals surface area contributed by atoms with Gasteiger partial charge in [-0.1, -0.05) is 94.6 Å². The van der Waals surface area contributed by atoms with Gasteiger partial charge in [0.2, 0.25) is 4.93 Å². The Morgan fingerprint density at radius 1 is 0.833 bits per heavy atom. The van der Waals surface area contributed by atoms with Crippen LogP contribution in [0.2, 0.25) is 0 Å². The molecular weight excluding hydrogens is 474 g/mol. The maximum Gasteiger partial charge on any atom is 0.299 e. The maximum atomic E-state index is 11.2. The van der Waals surface area contributed by atoms with Gasteiger partial charge in [-0.05, 0) is 25.3 Å². The lowest BCUT2D eigenvalue weighted by molar-refractivity contribution is -0.941. The Labute approximate surface area is 217 Å². The maximum absolute atomic E-state index is 11.2. The van der Waals surface area contributed by atoms with E-state index in [1.165, 1.54) is 92.9 Å². The van der Waals surface area contributed by atoms with Gasteiger partial charge >= 0.3 is 0 Å². The fourth-order valence-electron chi connectivity index (χ4n) is 4.77. The number of nitrogens with zero attached hydrogens (tertiary/aromatic N) is 1. The Bertz CT molecular complexity index is 1050. The van der Waals surface area contributed by atoms with Crippen molar-refractivity contribution in [2.75, 3.05) is 19.6 Å². The third kappa shape index (κ3) is 7.90. The van der Waals surface area contributed by atoms with Gasteiger partial charge in [0.25, 0.3) is 10.1 Å². The van der Waals surface area contributed by atoms with Crippen molar-refractivity contribution in [1.29, 1.82) is 0 Å². The van der Waals surface area contributed by atoms with E-state index in [0.29, 0.717) is 0 Å². The van der Waals surface area contributed by atoms with Crippen molar-refractivity contribution >= 4 is 15.9 Å². The van der Waals surface area contributed by atoms with E-state index >= 15 is 0 Å². The van der Waals surface area contributed by atoms with Crippen LogP contribution in [0.15, 0.2) is 60.7 Å². The number of hydrogen-bond donors (Lipinski definition) is 3. The summed E-state index contributed by atoms with van der Waals surface area (Å²) in [6.07, 6.45) is 8.80. The predicted molar refractivity (Wildman–Crippen MR) is 147 cm³/mol. The van der Waals surface area contributed by atoms with E-state index in [-0.39, 0.29) is 23.3 Å². The first-order valence-electron chi connectivity index (χ1n) is 13.2. The summed E-state index contributed by atoms with van der Waals surface area (Å²) in [5.74, 6) is -0.107. The van der Waals surface area contributed by atoms with E-state index in [4.69, 9.17) is 4.55 Å². The highest BCUT2D eigenvalue weighted by atomic mass is 32.2. The molecule has 6 nitrogen and oxygen atoms in total. The van der Waals surface area contributed by atoms with Crippen molar-refractivity contribution in [2.24, 2.45) is 0 Å². The molecule has 0 bridgehead atoms. The number of quaternary nitrogens is 1. The van der Waals surface area contributed by atoms with Gasteiger partial charge in [-0.25, -0.2) is 0 Å². The first-order chi connectivity index (χ1) is 17.1. The summed E-state index contributed by atoms with van der Waals surface area (Å²) >= 11 is 0. The molecule has 2 aromatic carbocycles. The highest BCUT2D eigenvalue weighted by molar-refractivity contribution is 7.86. The van der Waals surface area contributed by atoms with Crippen LogP contribution in [0.5, 0.6) is 0 Å². The summed E-state index contributed by atoms with van der Waals surface area (Å²) in [5.41, 5.74) is 1.70. The van der Waals surface area contributed by atoms with Gasteiger partial charge in [-0.15, -0.1) is 0 Å². The average molecular weight is 519 g/mol. The van der Waals surface area contributed by atoms with Crippen molar-refractivity contribution < 1.29 is 27.7 Å². The van der Waals surface area contributed by atoms with E-state index in [1.807, 2.05) is 0 Å². The molecule has 0 fully saturated rings. The zero-order valence-corrected chi connectivity index (χ0v) is 22.9. The summed E-state index contributed by atoms with van der Waals surface area (Å²) in [4.78, 5) is -2.38. The Hall–Kier alpha value is -2.19. The van der Waals surface area contributed by atoms with Gasteiger partial charge in [0.1, 0.15) is 12.3 Å². The zero-order chi connectivity index (χ0) is 26.7. The quantitative estimate of drug-likeness (QED) is 0.222. The molecule has 36 heavy (non-hydrogen) atoms. The lowest BCUT2D eigenvalue weighted by Crippen LogP contribution is -2.49. The number of aliphatic hydroxyl groups excluding tert-OH is 1. The Morgan fingerprint density at radius 3 is 1.83 bits per heavy atom. The van der Waals surface area contributed by atoms with Crippen LogP contribution in [0.25, 0.3) is 5.76 Å². The predicted octanol–water partition coefficient (Wildman–Crippen LogP) is 6.43. The first kappa shape index (κ1) is 30.0. The number of fused-ring (bicyclic) bond motifs is 1. The number of benzene rings is 2. The molecule has 1 atom stereocenters. The smallest absolute Gasteiger partial charge is 0.299 e. The van der Waals surface area contributed by atoms with Gasteiger partial charge in [-0.3, -0.25) is 4.55 Å². The molecule has 0 aromatic heterocycles. The molecule has 0 saturated heterocycles. The largest absolute Gasteiger partial charge is 0.508 e. The molecule has 200 valence electrons. The summed E-state index contributed by atoms with van der Waals surface area (Å²) in [6.45, 7) is 12.2. The molecule has 3 N–H and O–H groups in total. The van der Waals surface area contributed by atoms with Crippen LogP contribution >= 0.6 is 0 Å². The van der Waals surface area contributed by atoms with Gasteiger partial charge in [0.05, 0.1) is 19.6 Å². The Morgan fingerprint density at radius 2 is 1.33 bits per heavy atom. The molecular formula is C29H44NO5S+. The SMILES string of the molecule is CCCC[N+](CCCC)(CCCC)Cc1ccccc1.O=S(=O)(O)C1(O)CC=C(O)c2ccccc21. The van der Waals surface area contributed by atoms with Gasteiger partial charge < -0.3 is 14.7 Å². The molecule has 0 heterocycles. The lowest BCUT2D eigenvalue weighted by atomic mass is 9.93. The van der Waals surface area contributed by atoms with Crippen molar-refractivity contribution in [3.8, 4) is 0 Å². The van der Waals surface area contributed by atoms with Gasteiger partial charge in [0, 0.05) is 23.1 Å². The van der Waals surface area contributed by atoms with E-state index in [2.05, 4.69) is 51.1 Å². The fraction of sp³-hybridized carbons (Fsp3) is 0.517. The minimum atomic E-state index is -4.66. The third-order valence-electron chi connectivity index (χ3n) is 6.94. The number of rotatable bonds is 12. The molecule has 3 rings (SSSR count). The highest BCUT2D eigenvalue weighted by Gasteiger charge is 2.45. The zero-order valence-electron chi connectivity index (χ0n) is 22.1. The summed E-state index contributed by atoms with van der Waals surface area (Å²) < 4.78 is 32.7. The minimum Gasteiger partial charge on any atom is -0.508 e. The topological polar surface area (TPSA) is 94.8 Å². The summed E-state index contributed by atoms with van der Waals surface area (Å²) in [5, 5.41) is 19.5. The van der Waals surface area contributed by atoms with Crippen LogP contribution in [0.3, 0.4) is 0 Å². The van der Waals surface area contributed by atoms with Crippen LogP contribution in [0.1, 0.15) is 82.4 Å². The Balaban J connectivity index is 0.000000259. The molecule has 1 unspecified atom stereocenters. The van der Waals surface area contributed by atoms with Gasteiger partial charge in [0.15, 0.2) is 0 Å². The molecule has 2 aromatic rings. The van der Waals surface area contributed by atoms with Crippen LogP contribution in [0.4, 0.5) is 0 Å². The molecule has 1 aliphatic rings. The van der Waals surface area contributed by atoms with Crippen molar-refractivity contribution in [3.63, 3.8) is 0 Å². The summed E-state index contributed by atoms with van der Waals surface area (Å²) in [7, 11) is -4.66. The van der Waals surface area contributed by atoms with E-state index in [0.717, 1.165) is 6.08 Å². The second-order valence-corrected chi connectivity index (χ2v) is 11.4. The monoisotopic (exact) mass is 518 g/mol. The molecule has 0 amide bonds. The molecule has 0 saturated carbocycles. The van der Waals surface area contributed by atoms with Crippen LogP contribution in [-0.2, 0) is 21.6 Å². The fourth-order valence-corrected chi connectivity index (χ4v) is 5.52.